The third kappa shape index (κ3) is 4.18. The maximum Gasteiger partial charge on any atom is 0.134 e. The van der Waals surface area contributed by atoms with Crippen LogP contribution in [0, 0.1) is 17.8 Å². The van der Waals surface area contributed by atoms with Crippen LogP contribution in [0.2, 0.25) is 0 Å². The molecule has 0 aromatic heterocycles. The number of halogens is 3. The highest BCUT2D eigenvalue weighted by atomic mass is 19.2. The number of hydrogen-bond acceptors (Lipinski definition) is 1. The molecule has 0 N–H and O–H groups in total. The van der Waals surface area contributed by atoms with Gasteiger partial charge in [0.25, 0.3) is 0 Å². The van der Waals surface area contributed by atoms with Gasteiger partial charge in [-0.25, -0.2) is 13.2 Å². The van der Waals surface area contributed by atoms with Crippen molar-refractivity contribution < 1.29 is 17.9 Å². The maximum absolute atomic E-state index is 14.6. The Morgan fingerprint density at radius 1 is 0.955 bits per heavy atom. The minimum Gasteiger partial charge on any atom is -0.378 e. The second kappa shape index (κ2) is 8.56. The van der Waals surface area contributed by atoms with Gasteiger partial charge in [-0.3, -0.25) is 0 Å². The van der Waals surface area contributed by atoms with E-state index in [9.17, 15) is 13.2 Å². The second-order valence-corrected chi connectivity index (χ2v) is 7.25. The average molecular weight is 320 g/mol. The van der Waals surface area contributed by atoms with Crippen LogP contribution in [0.4, 0.5) is 13.2 Å². The first-order chi connectivity index (χ1) is 10.6. The predicted octanol–water partition coefficient (Wildman–Crippen LogP) is 5.42. The van der Waals surface area contributed by atoms with Crippen molar-refractivity contribution >= 4 is 0 Å². The third-order valence-corrected chi connectivity index (χ3v) is 5.87. The summed E-state index contributed by atoms with van der Waals surface area (Å²) in [7, 11) is 1.52. The standard InChI is InChI=1S/C18H31F3O/c1-3-4-5-6-12-7-9-14(18(21)17(12)20)13-8-10-16(22-2)15(19)11-13/h12-18H,3-11H2,1-2H3. The van der Waals surface area contributed by atoms with Crippen LogP contribution >= 0.6 is 0 Å². The van der Waals surface area contributed by atoms with Gasteiger partial charge in [0, 0.05) is 7.11 Å². The molecule has 0 spiro atoms. The molecule has 2 fully saturated rings. The van der Waals surface area contributed by atoms with Crippen molar-refractivity contribution in [3.8, 4) is 0 Å². The molecule has 0 heterocycles. The highest BCUT2D eigenvalue weighted by molar-refractivity contribution is 4.94. The number of ether oxygens (including phenoxy) is 1. The van der Waals surface area contributed by atoms with Crippen LogP contribution in [0.15, 0.2) is 0 Å². The van der Waals surface area contributed by atoms with Gasteiger partial charge in [0.1, 0.15) is 18.5 Å². The summed E-state index contributed by atoms with van der Waals surface area (Å²) >= 11 is 0. The number of methoxy groups -OCH3 is 1. The summed E-state index contributed by atoms with van der Waals surface area (Å²) in [5.74, 6) is -0.450. The predicted molar refractivity (Wildman–Crippen MR) is 83.2 cm³/mol. The van der Waals surface area contributed by atoms with E-state index in [2.05, 4.69) is 6.92 Å². The molecule has 1 nitrogen and oxygen atoms in total. The van der Waals surface area contributed by atoms with E-state index < -0.39 is 18.5 Å². The Morgan fingerprint density at radius 2 is 1.73 bits per heavy atom. The monoisotopic (exact) mass is 320 g/mol. The fourth-order valence-electron chi connectivity index (χ4n) is 4.45. The van der Waals surface area contributed by atoms with Crippen molar-refractivity contribution in [1.29, 1.82) is 0 Å². The third-order valence-electron chi connectivity index (χ3n) is 5.87. The van der Waals surface area contributed by atoms with Crippen LogP contribution in [0.25, 0.3) is 0 Å². The second-order valence-electron chi connectivity index (χ2n) is 7.25. The zero-order valence-electron chi connectivity index (χ0n) is 13.9. The molecule has 0 bridgehead atoms. The molecule has 0 aromatic rings. The van der Waals surface area contributed by atoms with Crippen LogP contribution < -0.4 is 0 Å². The van der Waals surface area contributed by atoms with Gasteiger partial charge in [-0.2, -0.15) is 0 Å². The first kappa shape index (κ1) is 18.1. The molecular weight excluding hydrogens is 289 g/mol. The SMILES string of the molecule is CCCCCC1CCC(C2CCC(OC)C(F)C2)C(F)C1F. The molecule has 2 aliphatic carbocycles. The Morgan fingerprint density at radius 3 is 2.36 bits per heavy atom. The van der Waals surface area contributed by atoms with Gasteiger partial charge < -0.3 is 4.74 Å². The maximum atomic E-state index is 14.6. The Kier molecular flexibility index (Phi) is 7.04. The smallest absolute Gasteiger partial charge is 0.134 e. The molecule has 2 aliphatic rings. The lowest BCUT2D eigenvalue weighted by Crippen LogP contribution is -2.44. The van der Waals surface area contributed by atoms with Crippen LogP contribution in [0.1, 0.15) is 64.7 Å². The lowest BCUT2D eigenvalue weighted by molar-refractivity contribution is -0.0529. The minimum atomic E-state index is -1.41. The minimum absolute atomic E-state index is 0.0220. The van der Waals surface area contributed by atoms with Gasteiger partial charge in [0.15, 0.2) is 0 Å². The number of hydrogen-bond donors (Lipinski definition) is 0. The van der Waals surface area contributed by atoms with E-state index in [4.69, 9.17) is 4.74 Å². The topological polar surface area (TPSA) is 9.23 Å². The van der Waals surface area contributed by atoms with Gasteiger partial charge in [-0.05, 0) is 56.3 Å². The molecule has 0 radical (unpaired) electrons. The summed E-state index contributed by atoms with van der Waals surface area (Å²) in [6.45, 7) is 2.12. The van der Waals surface area contributed by atoms with E-state index in [-0.39, 0.29) is 23.9 Å². The molecule has 7 atom stereocenters. The Labute approximate surface area is 133 Å². The zero-order chi connectivity index (χ0) is 16.1. The van der Waals surface area contributed by atoms with Crippen molar-refractivity contribution in [3.63, 3.8) is 0 Å². The summed E-state index contributed by atoms with van der Waals surface area (Å²) in [5, 5.41) is 0. The average Bonchev–Trinajstić information content (AvgIpc) is 2.52. The van der Waals surface area contributed by atoms with E-state index >= 15 is 0 Å². The normalized spacial score (nSPS) is 43.2. The molecule has 4 heteroatoms. The molecular formula is C18H31F3O. The lowest BCUT2D eigenvalue weighted by Gasteiger charge is -2.42. The quantitative estimate of drug-likeness (QED) is 0.594. The van der Waals surface area contributed by atoms with Gasteiger partial charge in [-0.15, -0.1) is 0 Å². The number of alkyl halides is 3. The molecule has 0 saturated heterocycles. The first-order valence-corrected chi connectivity index (χ1v) is 9.03. The zero-order valence-corrected chi connectivity index (χ0v) is 13.9. The summed E-state index contributed by atoms with van der Waals surface area (Å²) in [6.07, 6.45) is 3.03. The molecule has 2 saturated carbocycles. The molecule has 22 heavy (non-hydrogen) atoms. The molecule has 7 unspecified atom stereocenters. The molecule has 2 rings (SSSR count). The van der Waals surface area contributed by atoms with Crippen LogP contribution in [-0.2, 0) is 4.74 Å². The van der Waals surface area contributed by atoms with Gasteiger partial charge in [-0.1, -0.05) is 26.2 Å². The van der Waals surface area contributed by atoms with Crippen molar-refractivity contribution in [1.82, 2.24) is 0 Å². The van der Waals surface area contributed by atoms with Crippen molar-refractivity contribution in [3.05, 3.63) is 0 Å². The van der Waals surface area contributed by atoms with Crippen molar-refractivity contribution in [2.75, 3.05) is 7.11 Å². The highest BCUT2D eigenvalue weighted by Crippen LogP contribution is 2.44. The fraction of sp³-hybridized carbons (Fsp3) is 1.00. The molecule has 0 aromatic carbocycles. The van der Waals surface area contributed by atoms with Crippen LogP contribution in [-0.4, -0.2) is 31.7 Å². The van der Waals surface area contributed by atoms with E-state index in [1.807, 2.05) is 0 Å². The summed E-state index contributed by atoms with van der Waals surface area (Å²) in [4.78, 5) is 0. The number of unbranched alkanes of at least 4 members (excludes halogenated alkanes) is 2. The van der Waals surface area contributed by atoms with E-state index in [1.54, 1.807) is 0 Å². The first-order valence-electron chi connectivity index (χ1n) is 9.03. The van der Waals surface area contributed by atoms with E-state index in [0.717, 1.165) is 38.5 Å². The summed E-state index contributed by atoms with van der Waals surface area (Å²) in [6, 6.07) is 0. The van der Waals surface area contributed by atoms with Crippen molar-refractivity contribution in [2.45, 2.75) is 89.3 Å². The van der Waals surface area contributed by atoms with Crippen LogP contribution in [0.3, 0.4) is 0 Å². The Bertz CT molecular complexity index is 325. The molecule has 0 amide bonds. The Hall–Kier alpha value is -0.250. The van der Waals surface area contributed by atoms with E-state index in [1.165, 1.54) is 7.11 Å². The highest BCUT2D eigenvalue weighted by Gasteiger charge is 2.45. The fourth-order valence-corrected chi connectivity index (χ4v) is 4.45. The molecule has 0 aliphatic heterocycles. The van der Waals surface area contributed by atoms with Gasteiger partial charge in [0.2, 0.25) is 0 Å². The van der Waals surface area contributed by atoms with Crippen LogP contribution in [0.5, 0.6) is 0 Å². The van der Waals surface area contributed by atoms with Gasteiger partial charge >= 0.3 is 0 Å². The number of rotatable bonds is 6. The van der Waals surface area contributed by atoms with E-state index in [0.29, 0.717) is 19.3 Å². The summed E-state index contributed by atoms with van der Waals surface area (Å²) < 4.78 is 48.1. The lowest BCUT2D eigenvalue weighted by atomic mass is 9.68. The summed E-state index contributed by atoms with van der Waals surface area (Å²) in [5.41, 5.74) is 0. The van der Waals surface area contributed by atoms with Crippen molar-refractivity contribution in [2.24, 2.45) is 17.8 Å². The largest absolute Gasteiger partial charge is 0.378 e. The molecule has 130 valence electrons. The van der Waals surface area contributed by atoms with Gasteiger partial charge in [0.05, 0.1) is 6.10 Å². The Balaban J connectivity index is 1.86.